The Morgan fingerprint density at radius 1 is 1.13 bits per heavy atom. The lowest BCUT2D eigenvalue weighted by Gasteiger charge is -2.12. The van der Waals surface area contributed by atoms with Gasteiger partial charge < -0.3 is 0 Å². The third-order valence-electron chi connectivity index (χ3n) is 3.82. The highest BCUT2D eigenvalue weighted by Crippen LogP contribution is 2.34. The molecule has 3 rings (SSSR count). The average Bonchev–Trinajstić information content (AvgIpc) is 2.50. The van der Waals surface area contributed by atoms with Gasteiger partial charge in [0.1, 0.15) is 11.6 Å². The van der Waals surface area contributed by atoms with Crippen LogP contribution in [0.1, 0.15) is 31.0 Å². The second-order valence-corrected chi connectivity index (χ2v) is 6.19. The van der Waals surface area contributed by atoms with E-state index < -0.39 is 11.6 Å². The zero-order valence-electron chi connectivity index (χ0n) is 13.0. The number of benzene rings is 1. The molecule has 5 heteroatoms. The summed E-state index contributed by atoms with van der Waals surface area (Å²) in [5.41, 5.74) is 3.15. The Bertz CT molecular complexity index is 890. The lowest BCUT2D eigenvalue weighted by Crippen LogP contribution is -1.97. The lowest BCUT2D eigenvalue weighted by atomic mass is 10.0. The summed E-state index contributed by atoms with van der Waals surface area (Å²) < 4.78 is 27.5. The molecule has 118 valence electrons. The van der Waals surface area contributed by atoms with Gasteiger partial charge in [0.25, 0.3) is 0 Å². The van der Waals surface area contributed by atoms with Crippen LogP contribution in [0.5, 0.6) is 0 Å². The van der Waals surface area contributed by atoms with Crippen LogP contribution in [0.4, 0.5) is 8.78 Å². The number of rotatable bonds is 2. The summed E-state index contributed by atoms with van der Waals surface area (Å²) in [4.78, 5) is 8.81. The van der Waals surface area contributed by atoms with Gasteiger partial charge in [-0.3, -0.25) is 4.98 Å². The Balaban J connectivity index is 2.23. The monoisotopic (exact) mass is 332 g/mol. The zero-order chi connectivity index (χ0) is 16.7. The predicted molar refractivity (Wildman–Crippen MR) is 88.7 cm³/mol. The zero-order valence-corrected chi connectivity index (χ0v) is 13.7. The molecule has 23 heavy (non-hydrogen) atoms. The summed E-state index contributed by atoms with van der Waals surface area (Å²) in [6.45, 7) is 5.89. The van der Waals surface area contributed by atoms with Gasteiger partial charge in [0.15, 0.2) is 0 Å². The van der Waals surface area contributed by atoms with Crippen molar-refractivity contribution in [3.63, 3.8) is 0 Å². The van der Waals surface area contributed by atoms with Crippen LogP contribution in [-0.4, -0.2) is 9.97 Å². The molecule has 0 aliphatic heterocycles. The van der Waals surface area contributed by atoms with Crippen molar-refractivity contribution in [1.29, 1.82) is 0 Å². The van der Waals surface area contributed by atoms with E-state index in [1.165, 1.54) is 6.07 Å². The fourth-order valence-electron chi connectivity index (χ4n) is 2.53. The quantitative estimate of drug-likeness (QED) is 0.605. The summed E-state index contributed by atoms with van der Waals surface area (Å²) in [5, 5.41) is 0.386. The van der Waals surface area contributed by atoms with Crippen LogP contribution in [-0.2, 0) is 0 Å². The molecular weight excluding hydrogens is 318 g/mol. The van der Waals surface area contributed by atoms with Gasteiger partial charge in [0.2, 0.25) is 0 Å². The lowest BCUT2D eigenvalue weighted by molar-refractivity contribution is 0.591. The molecule has 0 fully saturated rings. The van der Waals surface area contributed by atoms with Gasteiger partial charge in [-0.25, -0.2) is 13.8 Å². The number of halogens is 3. The minimum absolute atomic E-state index is 0.140. The summed E-state index contributed by atoms with van der Waals surface area (Å²) in [6, 6.07) is 5.82. The van der Waals surface area contributed by atoms with Crippen molar-refractivity contribution in [2.24, 2.45) is 0 Å². The van der Waals surface area contributed by atoms with Crippen molar-refractivity contribution in [3.8, 4) is 11.3 Å². The van der Waals surface area contributed by atoms with Crippen molar-refractivity contribution < 1.29 is 8.78 Å². The largest absolute Gasteiger partial charge is 0.260 e. The van der Waals surface area contributed by atoms with Crippen LogP contribution >= 0.6 is 11.6 Å². The molecule has 0 unspecified atom stereocenters. The Labute approximate surface area is 138 Å². The molecule has 1 aromatic carbocycles. The highest BCUT2D eigenvalue weighted by Gasteiger charge is 2.16. The third kappa shape index (κ3) is 2.79. The maximum atomic E-state index is 14.0. The molecule has 0 saturated heterocycles. The van der Waals surface area contributed by atoms with Gasteiger partial charge in [-0.05, 0) is 30.5 Å². The molecule has 0 radical (unpaired) electrons. The molecule has 0 spiro atoms. The second kappa shape index (κ2) is 5.85. The molecule has 0 atom stereocenters. The van der Waals surface area contributed by atoms with Crippen LogP contribution in [0.3, 0.4) is 0 Å². The van der Waals surface area contributed by atoms with Gasteiger partial charge in [-0.15, -0.1) is 0 Å². The first-order valence-corrected chi connectivity index (χ1v) is 7.67. The molecule has 2 nitrogen and oxygen atoms in total. The smallest absolute Gasteiger partial charge is 0.137 e. The maximum Gasteiger partial charge on any atom is 0.137 e. The molecule has 0 aliphatic carbocycles. The van der Waals surface area contributed by atoms with Crippen LogP contribution in [0.15, 0.2) is 30.5 Å². The van der Waals surface area contributed by atoms with E-state index in [2.05, 4.69) is 23.8 Å². The van der Waals surface area contributed by atoms with Crippen molar-refractivity contribution >= 4 is 22.5 Å². The summed E-state index contributed by atoms with van der Waals surface area (Å²) in [7, 11) is 0. The van der Waals surface area contributed by atoms with Crippen molar-refractivity contribution in [2.45, 2.75) is 26.7 Å². The number of fused-ring (bicyclic) bond motifs is 1. The fourth-order valence-corrected chi connectivity index (χ4v) is 2.81. The fraction of sp³-hybridized carbons (Fsp3) is 0.222. The van der Waals surface area contributed by atoms with Gasteiger partial charge in [0.05, 0.1) is 21.6 Å². The molecule has 2 heterocycles. The van der Waals surface area contributed by atoms with Gasteiger partial charge >= 0.3 is 0 Å². The Morgan fingerprint density at radius 2 is 1.87 bits per heavy atom. The summed E-state index contributed by atoms with van der Waals surface area (Å²) >= 11 is 6.30. The van der Waals surface area contributed by atoms with E-state index >= 15 is 0 Å². The summed E-state index contributed by atoms with van der Waals surface area (Å²) in [6.07, 6.45) is 1.71. The predicted octanol–water partition coefficient (Wildman–Crippen LogP) is 5.66. The Kier molecular flexibility index (Phi) is 4.02. The third-order valence-corrected chi connectivity index (χ3v) is 4.29. The second-order valence-electron chi connectivity index (χ2n) is 5.81. The maximum absolute atomic E-state index is 14.0. The van der Waals surface area contributed by atoms with Crippen LogP contribution in [0.2, 0.25) is 5.02 Å². The van der Waals surface area contributed by atoms with Crippen LogP contribution in [0.25, 0.3) is 22.2 Å². The van der Waals surface area contributed by atoms with E-state index in [9.17, 15) is 8.78 Å². The first kappa shape index (κ1) is 15.8. The van der Waals surface area contributed by atoms with E-state index in [1.54, 1.807) is 13.1 Å². The van der Waals surface area contributed by atoms with E-state index in [0.29, 0.717) is 17.2 Å². The van der Waals surface area contributed by atoms with Crippen molar-refractivity contribution in [1.82, 2.24) is 9.97 Å². The number of nitrogens with zero attached hydrogens (tertiary/aromatic N) is 2. The number of pyridine rings is 2. The molecule has 0 amide bonds. The Hall–Kier alpha value is -2.07. The standard InChI is InChI=1S/C18H15ClF2N2/c1-9(2)14-5-4-11(8-22-14)18-10(3)17(19)16-13(21)6-12(20)7-15(16)23-18/h4-9H,1-3H3. The molecule has 0 N–H and O–H groups in total. The minimum atomic E-state index is -0.708. The van der Waals surface area contributed by atoms with E-state index in [0.717, 1.165) is 17.3 Å². The molecule has 2 aromatic heterocycles. The molecular formula is C18H15ClF2N2. The first-order valence-electron chi connectivity index (χ1n) is 7.29. The van der Waals surface area contributed by atoms with Crippen molar-refractivity contribution in [2.75, 3.05) is 0 Å². The highest BCUT2D eigenvalue weighted by molar-refractivity contribution is 6.36. The number of hydrogen-bond acceptors (Lipinski definition) is 2. The average molecular weight is 333 g/mol. The molecule has 0 saturated carbocycles. The minimum Gasteiger partial charge on any atom is -0.260 e. The van der Waals surface area contributed by atoms with E-state index in [-0.39, 0.29) is 15.9 Å². The van der Waals surface area contributed by atoms with Gasteiger partial charge in [-0.1, -0.05) is 25.4 Å². The van der Waals surface area contributed by atoms with Crippen LogP contribution < -0.4 is 0 Å². The van der Waals surface area contributed by atoms with E-state index in [1.807, 2.05) is 12.1 Å². The van der Waals surface area contributed by atoms with Gasteiger partial charge in [0, 0.05) is 29.6 Å². The molecule has 0 aliphatic rings. The number of hydrogen-bond donors (Lipinski definition) is 0. The van der Waals surface area contributed by atoms with Crippen LogP contribution in [0, 0.1) is 18.6 Å². The normalized spacial score (nSPS) is 11.4. The number of aromatic nitrogens is 2. The Morgan fingerprint density at radius 3 is 2.48 bits per heavy atom. The SMILES string of the molecule is Cc1c(-c2ccc(C(C)C)nc2)nc2cc(F)cc(F)c2c1Cl. The highest BCUT2D eigenvalue weighted by atomic mass is 35.5. The summed E-state index contributed by atoms with van der Waals surface area (Å²) in [5.74, 6) is -1.07. The molecule has 0 bridgehead atoms. The van der Waals surface area contributed by atoms with Crippen molar-refractivity contribution in [3.05, 3.63) is 58.4 Å². The first-order chi connectivity index (χ1) is 10.9. The van der Waals surface area contributed by atoms with E-state index in [4.69, 9.17) is 11.6 Å². The topological polar surface area (TPSA) is 25.8 Å². The van der Waals surface area contributed by atoms with Gasteiger partial charge in [-0.2, -0.15) is 0 Å². The molecule has 3 aromatic rings.